The molecule has 0 aromatic heterocycles. The average Bonchev–Trinajstić information content (AvgIpc) is 2.88. The molecule has 1 aliphatic heterocycles. The van der Waals surface area contributed by atoms with Gasteiger partial charge in [-0.05, 0) is 0 Å². The van der Waals surface area contributed by atoms with Crippen molar-refractivity contribution < 1.29 is 19.2 Å². The second-order valence-electron chi connectivity index (χ2n) is 5.84. The summed E-state index contributed by atoms with van der Waals surface area (Å²) < 4.78 is 3.60. The Morgan fingerprint density at radius 1 is 1.24 bits per heavy atom. The summed E-state index contributed by atoms with van der Waals surface area (Å²) in [5.74, 6) is 0. The minimum absolute atomic E-state index is 0.00419. The van der Waals surface area contributed by atoms with E-state index in [0.717, 1.165) is 0 Å². The summed E-state index contributed by atoms with van der Waals surface area (Å²) in [6.45, 7) is 5.00. The molecule has 0 aromatic carbocycles. The fourth-order valence-corrected chi connectivity index (χ4v) is 10.1. The molecule has 0 amide bonds. The fourth-order valence-electron chi connectivity index (χ4n) is 3.09. The fraction of sp³-hybridized carbons (Fsp3) is 0.467. The third-order valence-corrected chi connectivity index (χ3v) is 12.1. The molecule has 1 heterocycles. The summed E-state index contributed by atoms with van der Waals surface area (Å²) in [5.41, 5.74) is 1.70. The van der Waals surface area contributed by atoms with E-state index in [1.165, 1.54) is 19.3 Å². The van der Waals surface area contributed by atoms with Crippen LogP contribution in [-0.2, 0) is 19.2 Å². The molecule has 0 atom stereocenters. The summed E-state index contributed by atoms with van der Waals surface area (Å²) in [6.07, 6.45) is 13.5. The maximum atomic E-state index is 2.62. The van der Waals surface area contributed by atoms with Crippen molar-refractivity contribution in [2.24, 2.45) is 0 Å². The normalized spacial score (nSPS) is 25.8. The SMILES string of the molecule is CC1=[C]([Ti][C]2=CC=CC2)C([Si]2(C)CCC2)=CC1. The van der Waals surface area contributed by atoms with Crippen LogP contribution in [-0.4, -0.2) is 8.07 Å². The van der Waals surface area contributed by atoms with Gasteiger partial charge in [0.2, 0.25) is 0 Å². The van der Waals surface area contributed by atoms with Gasteiger partial charge in [-0.15, -0.1) is 0 Å². The molecule has 1 saturated heterocycles. The van der Waals surface area contributed by atoms with E-state index in [1.807, 2.05) is 9.07 Å². The van der Waals surface area contributed by atoms with Crippen LogP contribution < -0.4 is 0 Å². The molecule has 3 rings (SSSR count). The van der Waals surface area contributed by atoms with Gasteiger partial charge in [0.05, 0.1) is 0 Å². The third kappa shape index (κ3) is 2.14. The van der Waals surface area contributed by atoms with Crippen molar-refractivity contribution >= 4 is 8.07 Å². The Morgan fingerprint density at radius 3 is 2.65 bits per heavy atom. The summed E-state index contributed by atoms with van der Waals surface area (Å²) in [7, 11) is -0.954. The van der Waals surface area contributed by atoms with Gasteiger partial charge in [-0.1, -0.05) is 0 Å². The van der Waals surface area contributed by atoms with Crippen molar-refractivity contribution in [1.29, 1.82) is 0 Å². The van der Waals surface area contributed by atoms with Gasteiger partial charge < -0.3 is 0 Å². The van der Waals surface area contributed by atoms with Gasteiger partial charge in [-0.3, -0.25) is 0 Å². The van der Waals surface area contributed by atoms with Crippen LogP contribution in [0.1, 0.15) is 26.2 Å². The molecule has 3 aliphatic rings. The van der Waals surface area contributed by atoms with E-state index in [4.69, 9.17) is 0 Å². The molecular weight excluding hydrogens is 256 g/mol. The Balaban J connectivity index is 1.81. The molecular formula is C15H20SiTi. The molecule has 0 N–H and O–H groups in total. The van der Waals surface area contributed by atoms with Gasteiger partial charge in [0.25, 0.3) is 0 Å². The second-order valence-corrected chi connectivity index (χ2v) is 12.7. The van der Waals surface area contributed by atoms with Gasteiger partial charge in [0.15, 0.2) is 0 Å². The summed E-state index contributed by atoms with van der Waals surface area (Å²) in [5, 5.41) is 1.88. The van der Waals surface area contributed by atoms with Crippen LogP contribution in [0.25, 0.3) is 0 Å². The standard InChI is InChI=1S/C10H15Si.C5H5.Ti/c1-9-4-5-10(8-9)11(2)6-3-7-11;1-2-4-5-3-1;/h5H,3-4,6-7H2,1-2H3;1-3H,4H2;. The molecule has 0 saturated carbocycles. The predicted octanol–water partition coefficient (Wildman–Crippen LogP) is 4.54. The zero-order valence-corrected chi connectivity index (χ0v) is 13.4. The van der Waals surface area contributed by atoms with Gasteiger partial charge >= 0.3 is 115 Å². The molecule has 1 fully saturated rings. The van der Waals surface area contributed by atoms with Gasteiger partial charge in [0, 0.05) is 0 Å². The molecule has 0 radical (unpaired) electrons. The summed E-state index contributed by atoms with van der Waals surface area (Å²) in [6, 6.07) is 3.11. The predicted molar refractivity (Wildman–Crippen MR) is 73.1 cm³/mol. The van der Waals surface area contributed by atoms with Crippen LogP contribution in [0.3, 0.4) is 0 Å². The van der Waals surface area contributed by atoms with Crippen molar-refractivity contribution in [2.45, 2.75) is 44.8 Å². The van der Waals surface area contributed by atoms with E-state index < -0.39 is 8.07 Å². The average molecular weight is 276 g/mol. The quantitative estimate of drug-likeness (QED) is 0.664. The zero-order chi connectivity index (χ0) is 11.9. The number of allylic oxidation sites excluding steroid dienone is 8. The molecule has 88 valence electrons. The maximum absolute atomic E-state index is 2.62. The minimum atomic E-state index is -0.954. The molecule has 0 aromatic rings. The molecule has 0 unspecified atom stereocenters. The Kier molecular flexibility index (Phi) is 3.18. The Labute approximate surface area is 115 Å². The van der Waals surface area contributed by atoms with Crippen LogP contribution in [0.4, 0.5) is 0 Å². The first-order chi connectivity index (χ1) is 8.19. The van der Waals surface area contributed by atoms with E-state index in [1.54, 1.807) is 21.5 Å². The van der Waals surface area contributed by atoms with Crippen molar-refractivity contribution in [1.82, 2.24) is 0 Å². The van der Waals surface area contributed by atoms with Crippen LogP contribution in [0.15, 0.2) is 42.8 Å². The van der Waals surface area contributed by atoms with E-state index in [-0.39, 0.29) is 19.2 Å². The number of hydrogen-bond acceptors (Lipinski definition) is 0. The first kappa shape index (κ1) is 12.0. The van der Waals surface area contributed by atoms with Gasteiger partial charge in [-0.25, -0.2) is 0 Å². The monoisotopic (exact) mass is 276 g/mol. The van der Waals surface area contributed by atoms with Crippen molar-refractivity contribution in [3.05, 3.63) is 42.8 Å². The van der Waals surface area contributed by atoms with Crippen molar-refractivity contribution in [2.75, 3.05) is 0 Å². The Bertz CT molecular complexity index is 461. The second kappa shape index (κ2) is 4.53. The topological polar surface area (TPSA) is 0 Å². The third-order valence-electron chi connectivity index (χ3n) is 4.47. The molecule has 17 heavy (non-hydrogen) atoms. The molecule has 0 spiro atoms. The van der Waals surface area contributed by atoms with E-state index >= 15 is 0 Å². The Hall–Kier alpha value is -0.109. The number of hydrogen-bond donors (Lipinski definition) is 0. The van der Waals surface area contributed by atoms with Crippen molar-refractivity contribution in [3.8, 4) is 0 Å². The number of rotatable bonds is 3. The summed E-state index contributed by atoms with van der Waals surface area (Å²) in [4.78, 5) is 0. The van der Waals surface area contributed by atoms with Crippen molar-refractivity contribution in [3.63, 3.8) is 0 Å². The molecule has 0 nitrogen and oxygen atoms in total. The first-order valence-corrected chi connectivity index (χ1v) is 11.2. The van der Waals surface area contributed by atoms with E-state index in [0.29, 0.717) is 0 Å². The van der Waals surface area contributed by atoms with E-state index in [2.05, 4.69) is 37.8 Å². The van der Waals surface area contributed by atoms with Crippen LogP contribution in [0, 0.1) is 0 Å². The van der Waals surface area contributed by atoms with Crippen LogP contribution in [0.2, 0.25) is 18.6 Å². The molecule has 0 bridgehead atoms. The van der Waals surface area contributed by atoms with Gasteiger partial charge in [0.1, 0.15) is 0 Å². The van der Waals surface area contributed by atoms with Gasteiger partial charge in [-0.2, -0.15) is 0 Å². The van der Waals surface area contributed by atoms with E-state index in [9.17, 15) is 0 Å². The van der Waals surface area contributed by atoms with Crippen LogP contribution >= 0.6 is 0 Å². The first-order valence-electron chi connectivity index (χ1n) is 6.72. The Morgan fingerprint density at radius 2 is 2.06 bits per heavy atom. The molecule has 2 aliphatic carbocycles. The zero-order valence-electron chi connectivity index (χ0n) is 10.8. The molecule has 2 heteroatoms. The van der Waals surface area contributed by atoms with Crippen LogP contribution in [0.5, 0.6) is 0 Å². The summed E-state index contributed by atoms with van der Waals surface area (Å²) >= 11 is -0.00419.